The zero-order valence-corrected chi connectivity index (χ0v) is 23.6. The van der Waals surface area contributed by atoms with Crippen LogP contribution in [-0.2, 0) is 16.3 Å². The van der Waals surface area contributed by atoms with Gasteiger partial charge in [0.05, 0.1) is 44.9 Å². The van der Waals surface area contributed by atoms with Crippen molar-refractivity contribution in [2.45, 2.75) is 42.7 Å². The summed E-state index contributed by atoms with van der Waals surface area (Å²) in [6.07, 6.45) is -5.41. The van der Waals surface area contributed by atoms with Crippen molar-refractivity contribution in [3.05, 3.63) is 46.8 Å². The summed E-state index contributed by atoms with van der Waals surface area (Å²) in [6.45, 7) is -2.45. The SMILES string of the molecule is CN1CCC(Nc2cccc3c(CC(F)(F)F)c(C#CCNc4ccc(S(C)(=O)=O)cc4OC(F)F)sc23)C(F)C1. The van der Waals surface area contributed by atoms with Crippen molar-refractivity contribution >= 4 is 42.6 Å². The monoisotopic (exact) mass is 619 g/mol. The molecule has 2 N–H and O–H groups in total. The molecule has 0 aliphatic carbocycles. The van der Waals surface area contributed by atoms with Gasteiger partial charge in [0.1, 0.15) is 6.17 Å². The maximum absolute atomic E-state index is 14.7. The predicted molar refractivity (Wildman–Crippen MR) is 148 cm³/mol. The highest BCUT2D eigenvalue weighted by Gasteiger charge is 2.32. The largest absolute Gasteiger partial charge is 0.433 e. The summed E-state index contributed by atoms with van der Waals surface area (Å²) < 4.78 is 110. The summed E-state index contributed by atoms with van der Waals surface area (Å²) in [5.74, 6) is 5.04. The van der Waals surface area contributed by atoms with Crippen LogP contribution in [0.4, 0.5) is 37.7 Å². The van der Waals surface area contributed by atoms with Gasteiger partial charge in [0.2, 0.25) is 0 Å². The first-order chi connectivity index (χ1) is 19.2. The van der Waals surface area contributed by atoms with Gasteiger partial charge in [-0.25, -0.2) is 12.8 Å². The van der Waals surface area contributed by atoms with Gasteiger partial charge in [-0.15, -0.1) is 11.3 Å². The van der Waals surface area contributed by atoms with Crippen molar-refractivity contribution < 1.29 is 39.5 Å². The average Bonchev–Trinajstić information content (AvgIpc) is 3.20. The molecule has 0 spiro atoms. The molecular formula is C27H27F6N3O3S2. The fraction of sp³-hybridized carbons (Fsp3) is 0.407. The average molecular weight is 620 g/mol. The second-order valence-corrected chi connectivity index (χ2v) is 12.7. The molecule has 2 unspecified atom stereocenters. The Morgan fingerprint density at radius 3 is 2.61 bits per heavy atom. The van der Waals surface area contributed by atoms with Gasteiger partial charge in [-0.05, 0) is 42.6 Å². The minimum atomic E-state index is -4.51. The maximum atomic E-state index is 14.7. The van der Waals surface area contributed by atoms with Crippen molar-refractivity contribution in [1.29, 1.82) is 0 Å². The van der Waals surface area contributed by atoms with Gasteiger partial charge in [0, 0.05) is 25.4 Å². The van der Waals surface area contributed by atoms with Crippen LogP contribution in [-0.4, -0.2) is 71.3 Å². The minimum absolute atomic E-state index is 0.00643. The molecule has 1 aromatic heterocycles. The zero-order chi connectivity index (χ0) is 29.9. The second-order valence-electron chi connectivity index (χ2n) is 9.67. The Bertz CT molecular complexity index is 1560. The number of likely N-dealkylation sites (tertiary alicyclic amines) is 1. The highest BCUT2D eigenvalue weighted by molar-refractivity contribution is 7.90. The van der Waals surface area contributed by atoms with E-state index >= 15 is 0 Å². The van der Waals surface area contributed by atoms with E-state index < -0.39 is 47.0 Å². The van der Waals surface area contributed by atoms with Crippen molar-refractivity contribution in [1.82, 2.24) is 4.90 Å². The lowest BCUT2D eigenvalue weighted by Crippen LogP contribution is -2.46. The van der Waals surface area contributed by atoms with Crippen LogP contribution in [0.1, 0.15) is 16.9 Å². The van der Waals surface area contributed by atoms with Crippen LogP contribution in [0, 0.1) is 11.8 Å². The van der Waals surface area contributed by atoms with E-state index in [-0.39, 0.29) is 34.1 Å². The highest BCUT2D eigenvalue weighted by atomic mass is 32.2. The second kappa shape index (κ2) is 12.4. The Balaban J connectivity index is 1.62. The van der Waals surface area contributed by atoms with Gasteiger partial charge in [0.25, 0.3) is 0 Å². The quantitative estimate of drug-likeness (QED) is 0.241. The predicted octanol–water partition coefficient (Wildman–Crippen LogP) is 5.93. The Morgan fingerprint density at radius 2 is 1.95 bits per heavy atom. The molecule has 41 heavy (non-hydrogen) atoms. The lowest BCUT2D eigenvalue weighted by molar-refractivity contribution is -0.126. The molecular weight excluding hydrogens is 592 g/mol. The molecule has 0 radical (unpaired) electrons. The molecule has 2 aromatic carbocycles. The van der Waals surface area contributed by atoms with E-state index in [0.717, 1.165) is 23.7 Å². The van der Waals surface area contributed by atoms with E-state index in [2.05, 4.69) is 27.2 Å². The Kier molecular flexibility index (Phi) is 9.30. The smallest absolute Gasteiger partial charge is 0.393 e. The molecule has 0 saturated carbocycles. The number of halogens is 6. The van der Waals surface area contributed by atoms with Crippen molar-refractivity contribution in [3.63, 3.8) is 0 Å². The van der Waals surface area contributed by atoms with Gasteiger partial charge in [-0.3, -0.25) is 0 Å². The van der Waals surface area contributed by atoms with Gasteiger partial charge >= 0.3 is 12.8 Å². The number of alkyl halides is 6. The molecule has 0 bridgehead atoms. The van der Waals surface area contributed by atoms with E-state index in [1.165, 1.54) is 12.1 Å². The summed E-state index contributed by atoms with van der Waals surface area (Å²) in [6, 6.07) is 7.79. The number of sulfone groups is 1. The lowest BCUT2D eigenvalue weighted by Gasteiger charge is -2.33. The molecule has 222 valence electrons. The van der Waals surface area contributed by atoms with Crippen LogP contribution >= 0.6 is 11.3 Å². The van der Waals surface area contributed by atoms with Crippen molar-refractivity contribution in [3.8, 4) is 17.6 Å². The van der Waals surface area contributed by atoms with E-state index in [1.54, 1.807) is 18.2 Å². The van der Waals surface area contributed by atoms with Crippen molar-refractivity contribution in [2.75, 3.05) is 43.6 Å². The number of hydrogen-bond donors (Lipinski definition) is 2. The topological polar surface area (TPSA) is 70.7 Å². The Labute approximate surface area is 237 Å². The summed E-state index contributed by atoms with van der Waals surface area (Å²) in [5.41, 5.74) is 0.552. The van der Waals surface area contributed by atoms with E-state index in [4.69, 9.17) is 0 Å². The number of benzene rings is 2. The summed E-state index contributed by atoms with van der Waals surface area (Å²) in [7, 11) is -1.87. The normalized spacial score (nSPS) is 18.3. The number of hydrogen-bond acceptors (Lipinski definition) is 7. The zero-order valence-electron chi connectivity index (χ0n) is 22.0. The van der Waals surface area contributed by atoms with Crippen LogP contribution < -0.4 is 15.4 Å². The first-order valence-corrected chi connectivity index (χ1v) is 15.1. The summed E-state index contributed by atoms with van der Waals surface area (Å²) in [4.78, 5) is 1.82. The molecule has 2 atom stereocenters. The Hall–Kier alpha value is -3.15. The molecule has 1 saturated heterocycles. The number of ether oxygens (including phenoxy) is 1. The Morgan fingerprint density at radius 1 is 1.20 bits per heavy atom. The number of rotatable bonds is 8. The number of fused-ring (bicyclic) bond motifs is 1. The number of nitrogens with zero attached hydrogens (tertiary/aromatic N) is 1. The van der Waals surface area contributed by atoms with Crippen LogP contribution in [0.3, 0.4) is 0 Å². The highest BCUT2D eigenvalue weighted by Crippen LogP contribution is 2.39. The molecule has 2 heterocycles. The molecule has 4 rings (SSSR count). The fourth-order valence-corrected chi connectivity index (χ4v) is 6.32. The first kappa shape index (κ1) is 30.8. The molecule has 1 aliphatic heterocycles. The molecule has 3 aromatic rings. The summed E-state index contributed by atoms with van der Waals surface area (Å²) in [5, 5.41) is 6.28. The van der Waals surface area contributed by atoms with Crippen LogP contribution in [0.5, 0.6) is 5.75 Å². The third-order valence-corrected chi connectivity index (χ3v) is 8.75. The summed E-state index contributed by atoms with van der Waals surface area (Å²) >= 11 is 1.06. The third-order valence-electron chi connectivity index (χ3n) is 6.45. The fourth-order valence-electron chi connectivity index (χ4n) is 4.52. The maximum Gasteiger partial charge on any atom is 0.393 e. The van der Waals surface area contributed by atoms with Gasteiger partial charge in [-0.1, -0.05) is 24.0 Å². The van der Waals surface area contributed by atoms with Crippen LogP contribution in [0.15, 0.2) is 41.3 Å². The van der Waals surface area contributed by atoms with Gasteiger partial charge in [0.15, 0.2) is 15.6 Å². The van der Waals surface area contributed by atoms with Gasteiger partial charge < -0.3 is 20.3 Å². The number of nitrogens with one attached hydrogen (secondary N) is 2. The number of anilines is 2. The molecule has 6 nitrogen and oxygen atoms in total. The number of thiophene rings is 1. The van der Waals surface area contributed by atoms with Crippen LogP contribution in [0.25, 0.3) is 10.1 Å². The van der Waals surface area contributed by atoms with Crippen LogP contribution in [0.2, 0.25) is 0 Å². The van der Waals surface area contributed by atoms with E-state index in [0.29, 0.717) is 28.7 Å². The van der Waals surface area contributed by atoms with Gasteiger partial charge in [-0.2, -0.15) is 22.0 Å². The van der Waals surface area contributed by atoms with E-state index in [9.17, 15) is 34.8 Å². The van der Waals surface area contributed by atoms with Crippen molar-refractivity contribution in [2.24, 2.45) is 0 Å². The number of piperidine rings is 1. The molecule has 14 heteroatoms. The van der Waals surface area contributed by atoms with E-state index in [1.807, 2.05) is 11.9 Å². The lowest BCUT2D eigenvalue weighted by atomic mass is 10.0. The molecule has 1 fully saturated rings. The molecule has 1 aliphatic rings. The standard InChI is InChI=1S/C27H27F6N3O3S2/c1-36-12-10-20(19(28)15-36)35-22-6-3-5-17-18(14-27(31,32)33)24(40-25(17)22)7-4-11-34-21-9-8-16(41(2,37)38)13-23(21)39-26(29)30/h3,5-6,8-9,13,19-20,26,34-35H,10-12,14-15H2,1-2H3. The minimum Gasteiger partial charge on any atom is -0.433 e. The third kappa shape index (κ3) is 7.99. The molecule has 0 amide bonds. The first-order valence-electron chi connectivity index (χ1n) is 12.4.